The molecule has 0 aliphatic carbocycles. The summed E-state index contributed by atoms with van der Waals surface area (Å²) in [4.78, 5) is 0. The highest BCUT2D eigenvalue weighted by Crippen LogP contribution is 2.21. The van der Waals surface area contributed by atoms with Crippen molar-refractivity contribution in [3.63, 3.8) is 0 Å². The van der Waals surface area contributed by atoms with Crippen LogP contribution in [0.3, 0.4) is 0 Å². The van der Waals surface area contributed by atoms with Crippen LogP contribution < -0.4 is 0 Å². The molecule has 0 amide bonds. The van der Waals surface area contributed by atoms with Gasteiger partial charge in [0.15, 0.2) is 0 Å². The number of rotatable bonds is 3. The summed E-state index contributed by atoms with van der Waals surface area (Å²) < 4.78 is 12.8. The number of hydrogen-bond donors (Lipinski definition) is 1. The van der Waals surface area contributed by atoms with Gasteiger partial charge >= 0.3 is 0 Å². The summed E-state index contributed by atoms with van der Waals surface area (Å²) in [5.74, 6) is 0. The van der Waals surface area contributed by atoms with Crippen molar-refractivity contribution >= 4 is 0 Å². The van der Waals surface area contributed by atoms with Crippen molar-refractivity contribution in [2.45, 2.75) is 39.0 Å². The Morgan fingerprint density at radius 2 is 2.07 bits per heavy atom. The van der Waals surface area contributed by atoms with E-state index in [2.05, 4.69) is 0 Å². The molecule has 2 heteroatoms. The maximum absolute atomic E-state index is 12.8. The van der Waals surface area contributed by atoms with Crippen molar-refractivity contribution in [1.29, 1.82) is 0 Å². The molecule has 0 aromatic heterocycles. The van der Waals surface area contributed by atoms with Gasteiger partial charge in [0.25, 0.3) is 0 Å². The van der Waals surface area contributed by atoms with Crippen molar-refractivity contribution in [3.8, 4) is 0 Å². The summed E-state index contributed by atoms with van der Waals surface area (Å²) >= 11 is 0. The van der Waals surface area contributed by atoms with Gasteiger partial charge in [-0.15, -0.1) is 0 Å². The Morgan fingerprint density at radius 1 is 1.43 bits per heavy atom. The molecular formula is C12H17FO. The molecule has 0 fully saturated rings. The molecule has 0 radical (unpaired) electrons. The zero-order valence-corrected chi connectivity index (χ0v) is 8.92. The van der Waals surface area contributed by atoms with Gasteiger partial charge < -0.3 is 5.11 Å². The second-order valence-electron chi connectivity index (χ2n) is 4.24. The van der Waals surface area contributed by atoms with E-state index in [1.165, 1.54) is 6.92 Å². The summed E-state index contributed by atoms with van der Waals surface area (Å²) in [7, 11) is 0. The van der Waals surface area contributed by atoms with Crippen LogP contribution in [0.1, 0.15) is 31.9 Å². The van der Waals surface area contributed by atoms with Crippen LogP contribution in [0.5, 0.6) is 0 Å². The van der Waals surface area contributed by atoms with Crippen LogP contribution in [0, 0.1) is 0 Å². The van der Waals surface area contributed by atoms with E-state index < -0.39 is 11.8 Å². The zero-order chi connectivity index (χ0) is 10.8. The third-order valence-corrected chi connectivity index (χ3v) is 2.15. The van der Waals surface area contributed by atoms with E-state index in [0.29, 0.717) is 6.42 Å². The standard InChI is InChI=1S/C12H17FO/c1-9(13)7-10-5-4-6-11(8-10)12(2,3)14/h4-6,8-9,14H,7H2,1-3H3. The van der Waals surface area contributed by atoms with Crippen LogP contribution >= 0.6 is 0 Å². The number of halogens is 1. The van der Waals surface area contributed by atoms with Crippen LogP contribution in [-0.4, -0.2) is 11.3 Å². The van der Waals surface area contributed by atoms with Gasteiger partial charge in [-0.3, -0.25) is 0 Å². The van der Waals surface area contributed by atoms with Crippen LogP contribution in [-0.2, 0) is 12.0 Å². The van der Waals surface area contributed by atoms with E-state index >= 15 is 0 Å². The molecule has 78 valence electrons. The van der Waals surface area contributed by atoms with Gasteiger partial charge in [-0.1, -0.05) is 24.3 Å². The number of alkyl halides is 1. The fourth-order valence-electron chi connectivity index (χ4n) is 1.40. The van der Waals surface area contributed by atoms with Gasteiger partial charge in [-0.2, -0.15) is 0 Å². The van der Waals surface area contributed by atoms with Crippen LogP contribution in [0.15, 0.2) is 24.3 Å². The Balaban J connectivity index is 2.90. The molecule has 1 aromatic rings. The van der Waals surface area contributed by atoms with E-state index in [9.17, 15) is 9.50 Å². The van der Waals surface area contributed by atoms with Gasteiger partial charge in [0, 0.05) is 6.42 Å². The second-order valence-corrected chi connectivity index (χ2v) is 4.24. The molecule has 1 aromatic carbocycles. The average Bonchev–Trinajstić information content (AvgIpc) is 2.01. The molecule has 0 saturated carbocycles. The molecular weight excluding hydrogens is 179 g/mol. The van der Waals surface area contributed by atoms with Gasteiger partial charge in [-0.25, -0.2) is 4.39 Å². The lowest BCUT2D eigenvalue weighted by Gasteiger charge is -2.18. The largest absolute Gasteiger partial charge is 0.386 e. The van der Waals surface area contributed by atoms with E-state index in [4.69, 9.17) is 0 Å². The number of hydrogen-bond acceptors (Lipinski definition) is 1. The van der Waals surface area contributed by atoms with Gasteiger partial charge in [-0.05, 0) is 31.9 Å². The molecule has 0 aliphatic heterocycles. The maximum atomic E-state index is 12.8. The van der Waals surface area contributed by atoms with E-state index in [-0.39, 0.29) is 0 Å². The summed E-state index contributed by atoms with van der Waals surface area (Å²) in [6, 6.07) is 7.44. The first-order chi connectivity index (χ1) is 6.39. The molecule has 1 atom stereocenters. The summed E-state index contributed by atoms with van der Waals surface area (Å²) in [6.45, 7) is 4.99. The monoisotopic (exact) mass is 196 g/mol. The van der Waals surface area contributed by atoms with Gasteiger partial charge in [0.2, 0.25) is 0 Å². The Labute approximate surface area is 84.6 Å². The molecule has 1 nitrogen and oxygen atoms in total. The van der Waals surface area contributed by atoms with E-state index in [0.717, 1.165) is 11.1 Å². The number of aliphatic hydroxyl groups is 1. The summed E-state index contributed by atoms with van der Waals surface area (Å²) in [5.41, 5.74) is 0.908. The topological polar surface area (TPSA) is 20.2 Å². The van der Waals surface area contributed by atoms with Gasteiger partial charge in [0.1, 0.15) is 6.17 Å². The predicted molar refractivity (Wildman–Crippen MR) is 56.0 cm³/mol. The fraction of sp³-hybridized carbons (Fsp3) is 0.500. The van der Waals surface area contributed by atoms with Crippen molar-refractivity contribution in [2.75, 3.05) is 0 Å². The highest BCUT2D eigenvalue weighted by Gasteiger charge is 2.15. The Kier molecular flexibility index (Phi) is 3.27. The normalized spacial score (nSPS) is 14.1. The first kappa shape index (κ1) is 11.2. The molecule has 1 N–H and O–H groups in total. The number of benzene rings is 1. The fourth-order valence-corrected chi connectivity index (χ4v) is 1.40. The van der Waals surface area contributed by atoms with E-state index in [1.807, 2.05) is 24.3 Å². The third-order valence-electron chi connectivity index (χ3n) is 2.15. The predicted octanol–water partition coefficient (Wildman–Crippen LogP) is 2.81. The van der Waals surface area contributed by atoms with Crippen molar-refractivity contribution < 1.29 is 9.50 Å². The van der Waals surface area contributed by atoms with Crippen molar-refractivity contribution in [1.82, 2.24) is 0 Å². The quantitative estimate of drug-likeness (QED) is 0.788. The lowest BCUT2D eigenvalue weighted by atomic mass is 9.95. The molecule has 0 heterocycles. The zero-order valence-electron chi connectivity index (χ0n) is 8.92. The Hall–Kier alpha value is -0.890. The lowest BCUT2D eigenvalue weighted by molar-refractivity contribution is 0.0785. The van der Waals surface area contributed by atoms with Crippen LogP contribution in [0.4, 0.5) is 4.39 Å². The SMILES string of the molecule is CC(F)Cc1cccc(C(C)(C)O)c1. The molecule has 1 unspecified atom stereocenters. The second kappa shape index (κ2) is 4.09. The van der Waals surface area contributed by atoms with Crippen LogP contribution in [0.25, 0.3) is 0 Å². The molecule has 0 bridgehead atoms. The molecule has 0 saturated heterocycles. The van der Waals surface area contributed by atoms with Gasteiger partial charge in [0.05, 0.1) is 5.60 Å². The summed E-state index contributed by atoms with van der Waals surface area (Å²) in [6.07, 6.45) is -0.434. The third kappa shape index (κ3) is 3.11. The molecule has 1 rings (SSSR count). The smallest absolute Gasteiger partial charge is 0.101 e. The molecule has 0 spiro atoms. The van der Waals surface area contributed by atoms with Crippen LogP contribution in [0.2, 0.25) is 0 Å². The minimum absolute atomic E-state index is 0.407. The molecule has 0 aliphatic rings. The minimum atomic E-state index is -0.852. The average molecular weight is 196 g/mol. The first-order valence-corrected chi connectivity index (χ1v) is 4.85. The summed E-state index contributed by atoms with van der Waals surface area (Å²) in [5, 5.41) is 9.75. The molecule has 14 heavy (non-hydrogen) atoms. The highest BCUT2D eigenvalue weighted by atomic mass is 19.1. The lowest BCUT2D eigenvalue weighted by Crippen LogP contribution is -2.15. The highest BCUT2D eigenvalue weighted by molar-refractivity contribution is 5.27. The Morgan fingerprint density at radius 3 is 2.57 bits per heavy atom. The van der Waals surface area contributed by atoms with E-state index in [1.54, 1.807) is 13.8 Å². The minimum Gasteiger partial charge on any atom is -0.386 e. The maximum Gasteiger partial charge on any atom is 0.101 e. The Bertz CT molecular complexity index is 299. The first-order valence-electron chi connectivity index (χ1n) is 4.85. The van der Waals surface area contributed by atoms with Crippen molar-refractivity contribution in [2.24, 2.45) is 0 Å². The van der Waals surface area contributed by atoms with Crippen molar-refractivity contribution in [3.05, 3.63) is 35.4 Å².